The summed E-state index contributed by atoms with van der Waals surface area (Å²) in [6.45, 7) is 6.82. The minimum atomic E-state index is -2.68. The van der Waals surface area contributed by atoms with Gasteiger partial charge in [-0.1, -0.05) is 0 Å². The molecule has 0 atom stereocenters. The van der Waals surface area contributed by atoms with Gasteiger partial charge in [-0.05, 0) is 0 Å². The first kappa shape index (κ1) is 21.5. The molecule has 1 aromatic rings. The normalized spacial score (nSPS) is 14.6. The van der Waals surface area contributed by atoms with E-state index in [1.807, 2.05) is 0 Å². The second-order valence-electron chi connectivity index (χ2n) is 8.09. The fraction of sp³-hybridized carbons (Fsp3) is 0.714. The van der Waals surface area contributed by atoms with Crippen LogP contribution in [0, 0.1) is 0 Å². The average Bonchev–Trinajstić information content (AvgIpc) is 3.46. The third kappa shape index (κ3) is 5.14. The molecular formula is C21H37N3OSn. The Hall–Kier alpha value is -0.781. The second-order valence-corrected chi connectivity index (χ2v) is 21.1. The van der Waals surface area contributed by atoms with Crippen molar-refractivity contribution in [3.63, 3.8) is 0 Å². The Bertz CT molecular complexity index is 592. The summed E-state index contributed by atoms with van der Waals surface area (Å²) in [5.74, 6) is 0.0512. The van der Waals surface area contributed by atoms with Crippen molar-refractivity contribution >= 4 is 33.7 Å². The number of carbonyl (C=O) groups is 1. The van der Waals surface area contributed by atoms with Gasteiger partial charge in [0, 0.05) is 0 Å². The van der Waals surface area contributed by atoms with Crippen molar-refractivity contribution in [2.24, 2.45) is 5.73 Å². The van der Waals surface area contributed by atoms with Crippen molar-refractivity contribution in [3.05, 3.63) is 17.3 Å². The topological polar surface area (TPSA) is 82.0 Å². The Kier molecular flexibility index (Phi) is 8.24. The van der Waals surface area contributed by atoms with Gasteiger partial charge in [0.1, 0.15) is 0 Å². The number of aromatic nitrogens is 1. The van der Waals surface area contributed by atoms with E-state index in [-0.39, 0.29) is 0 Å². The van der Waals surface area contributed by atoms with Crippen molar-refractivity contribution < 1.29 is 4.79 Å². The molecule has 0 aromatic carbocycles. The van der Waals surface area contributed by atoms with E-state index in [1.54, 1.807) is 0 Å². The van der Waals surface area contributed by atoms with E-state index in [2.05, 4.69) is 26.8 Å². The van der Waals surface area contributed by atoms with Gasteiger partial charge in [0.15, 0.2) is 0 Å². The van der Waals surface area contributed by atoms with E-state index in [0.29, 0.717) is 17.3 Å². The molecule has 1 aliphatic rings. The van der Waals surface area contributed by atoms with Crippen LogP contribution in [0.15, 0.2) is 6.07 Å². The van der Waals surface area contributed by atoms with E-state index in [0.717, 1.165) is 5.56 Å². The minimum absolute atomic E-state index is 0.343. The number of carbonyl (C=O) groups excluding carboxylic acids is 1. The van der Waals surface area contributed by atoms with Crippen LogP contribution in [0.2, 0.25) is 13.3 Å². The van der Waals surface area contributed by atoms with Crippen LogP contribution >= 0.6 is 0 Å². The maximum absolute atomic E-state index is 12.0. The fourth-order valence-corrected chi connectivity index (χ4v) is 19.5. The van der Waals surface area contributed by atoms with E-state index in [1.165, 1.54) is 68.4 Å². The molecule has 1 aromatic heterocycles. The zero-order valence-electron chi connectivity index (χ0n) is 16.9. The number of rotatable bonds is 12. The van der Waals surface area contributed by atoms with Gasteiger partial charge in [-0.25, -0.2) is 0 Å². The molecule has 2 rings (SSSR count). The average molecular weight is 466 g/mol. The Morgan fingerprint density at radius 3 is 1.96 bits per heavy atom. The number of nitrogens with two attached hydrogens (primary N) is 2. The SMILES string of the molecule is CCC[CH2][Sn]([CH2]CCC)([CH2]CCC)[c]1cc(C2CC2)c(N)c(C(N)=O)n1. The van der Waals surface area contributed by atoms with Crippen molar-refractivity contribution in [2.75, 3.05) is 5.73 Å². The van der Waals surface area contributed by atoms with Gasteiger partial charge in [-0.2, -0.15) is 0 Å². The number of hydrogen-bond acceptors (Lipinski definition) is 3. The number of hydrogen-bond donors (Lipinski definition) is 2. The molecule has 146 valence electrons. The molecule has 0 radical (unpaired) electrons. The van der Waals surface area contributed by atoms with Crippen LogP contribution in [0.25, 0.3) is 0 Å². The van der Waals surface area contributed by atoms with Gasteiger partial charge in [0.2, 0.25) is 0 Å². The van der Waals surface area contributed by atoms with Gasteiger partial charge < -0.3 is 0 Å². The molecule has 0 spiro atoms. The van der Waals surface area contributed by atoms with Gasteiger partial charge in [-0.15, -0.1) is 0 Å². The fourth-order valence-electron chi connectivity index (χ4n) is 4.07. The Morgan fingerprint density at radius 2 is 1.58 bits per heavy atom. The zero-order chi connectivity index (χ0) is 19.2. The molecule has 1 aliphatic carbocycles. The van der Waals surface area contributed by atoms with Crippen LogP contribution in [0.4, 0.5) is 5.69 Å². The van der Waals surface area contributed by atoms with E-state index >= 15 is 0 Å². The summed E-state index contributed by atoms with van der Waals surface area (Å²) in [6, 6.07) is 2.32. The summed E-state index contributed by atoms with van der Waals surface area (Å²) in [6.07, 6.45) is 9.86. The monoisotopic (exact) mass is 467 g/mol. The summed E-state index contributed by atoms with van der Waals surface area (Å²) in [5.41, 5.74) is 14.0. The van der Waals surface area contributed by atoms with E-state index in [4.69, 9.17) is 16.5 Å². The van der Waals surface area contributed by atoms with Crippen molar-refractivity contribution in [2.45, 2.75) is 91.4 Å². The third-order valence-corrected chi connectivity index (χ3v) is 21.0. The predicted molar refractivity (Wildman–Crippen MR) is 114 cm³/mol. The molecule has 0 saturated heterocycles. The Morgan fingerprint density at radius 1 is 1.08 bits per heavy atom. The molecule has 0 unspecified atom stereocenters. The molecular weight excluding hydrogens is 429 g/mol. The van der Waals surface area contributed by atoms with Crippen LogP contribution in [-0.2, 0) is 0 Å². The molecule has 26 heavy (non-hydrogen) atoms. The quantitative estimate of drug-likeness (QED) is 0.439. The van der Waals surface area contributed by atoms with Gasteiger partial charge >= 0.3 is 164 Å². The van der Waals surface area contributed by atoms with Crippen molar-refractivity contribution in [1.82, 2.24) is 4.98 Å². The first-order valence-corrected chi connectivity index (χ1v) is 18.1. The number of amides is 1. The standard InChI is InChI=1S/C9H10N3O.3C4H9.Sn/c10-7-6(5-1-2-5)3-4-12-8(7)9(11)13;3*1-3-4-2;/h3,5H,1-2,10H2,(H2,11,13);3*1,3-4H2,2H3;. The van der Waals surface area contributed by atoms with Gasteiger partial charge in [0.05, 0.1) is 0 Å². The van der Waals surface area contributed by atoms with E-state index < -0.39 is 24.3 Å². The van der Waals surface area contributed by atoms with Crippen LogP contribution in [-0.4, -0.2) is 29.3 Å². The molecule has 1 saturated carbocycles. The molecule has 1 heterocycles. The summed E-state index contributed by atoms with van der Waals surface area (Å²) >= 11 is -2.68. The number of primary amides is 1. The number of nitrogens with zero attached hydrogens (tertiary/aromatic N) is 1. The molecule has 0 bridgehead atoms. The molecule has 4 N–H and O–H groups in total. The molecule has 0 aliphatic heterocycles. The molecule has 1 amide bonds. The second kappa shape index (κ2) is 9.95. The van der Waals surface area contributed by atoms with Gasteiger partial charge in [0.25, 0.3) is 0 Å². The maximum atomic E-state index is 12.0. The van der Waals surface area contributed by atoms with Crippen molar-refractivity contribution in [3.8, 4) is 0 Å². The summed E-state index contributed by atoms with van der Waals surface area (Å²) in [5, 5.41) is 0. The predicted octanol–water partition coefficient (Wildman–Crippen LogP) is 4.70. The number of unbranched alkanes of at least 4 members (excludes halogenated alkanes) is 3. The van der Waals surface area contributed by atoms with Crippen molar-refractivity contribution in [1.29, 1.82) is 0 Å². The van der Waals surface area contributed by atoms with Crippen LogP contribution in [0.3, 0.4) is 0 Å². The first-order valence-electron chi connectivity index (χ1n) is 10.6. The van der Waals surface area contributed by atoms with Crippen LogP contribution in [0.1, 0.15) is 94.1 Å². The number of nitrogen functional groups attached to an aromatic ring is 1. The van der Waals surface area contributed by atoms with Crippen LogP contribution < -0.4 is 15.2 Å². The molecule has 1 fully saturated rings. The summed E-state index contributed by atoms with van der Waals surface area (Å²) in [4.78, 5) is 16.9. The van der Waals surface area contributed by atoms with E-state index in [9.17, 15) is 4.79 Å². The number of anilines is 1. The number of pyridine rings is 1. The zero-order valence-corrected chi connectivity index (χ0v) is 19.8. The summed E-state index contributed by atoms with van der Waals surface area (Å²) < 4.78 is 5.29. The third-order valence-electron chi connectivity index (χ3n) is 5.91. The first-order chi connectivity index (χ1) is 12.5. The molecule has 5 heteroatoms. The molecule has 4 nitrogen and oxygen atoms in total. The summed E-state index contributed by atoms with van der Waals surface area (Å²) in [7, 11) is 0. The Labute approximate surface area is 163 Å². The Balaban J connectivity index is 2.54. The van der Waals surface area contributed by atoms with Gasteiger partial charge in [-0.3, -0.25) is 0 Å². The van der Waals surface area contributed by atoms with Crippen LogP contribution in [0.5, 0.6) is 0 Å².